The van der Waals surface area contributed by atoms with Crippen molar-refractivity contribution < 1.29 is 9.53 Å². The van der Waals surface area contributed by atoms with Crippen LogP contribution < -0.4 is 5.32 Å². The van der Waals surface area contributed by atoms with Crippen LogP contribution in [0.5, 0.6) is 0 Å². The van der Waals surface area contributed by atoms with Crippen molar-refractivity contribution in [1.29, 1.82) is 0 Å². The van der Waals surface area contributed by atoms with Crippen molar-refractivity contribution in [1.82, 2.24) is 19.3 Å². The van der Waals surface area contributed by atoms with Gasteiger partial charge in [-0.3, -0.25) is 9.80 Å². The van der Waals surface area contributed by atoms with Crippen LogP contribution in [-0.2, 0) is 17.8 Å². The second kappa shape index (κ2) is 10.4. The number of carbonyl (C=O) groups excluding carboxylic acids is 1. The van der Waals surface area contributed by atoms with Gasteiger partial charge in [0.25, 0.3) is 0 Å². The maximum atomic E-state index is 12.8. The average Bonchev–Trinajstić information content (AvgIpc) is 3.26. The molecule has 0 atom stereocenters. The molecule has 1 aromatic heterocycles. The van der Waals surface area contributed by atoms with Gasteiger partial charge in [-0.1, -0.05) is 30.3 Å². The lowest BCUT2D eigenvalue weighted by Gasteiger charge is -2.34. The van der Waals surface area contributed by atoms with Crippen molar-refractivity contribution in [2.45, 2.75) is 13.1 Å². The molecule has 1 N–H and O–H groups in total. The van der Waals surface area contributed by atoms with E-state index >= 15 is 0 Å². The van der Waals surface area contributed by atoms with Gasteiger partial charge in [-0.05, 0) is 29.8 Å². The molecule has 2 aliphatic rings. The Balaban J connectivity index is 1.13. The van der Waals surface area contributed by atoms with Crippen LogP contribution in [0, 0.1) is 0 Å². The van der Waals surface area contributed by atoms with Crippen LogP contribution in [0.15, 0.2) is 60.8 Å². The Hall–Kier alpha value is -2.87. The Morgan fingerprint density at radius 2 is 1.64 bits per heavy atom. The number of hydrogen-bond acceptors (Lipinski definition) is 4. The number of ether oxygens (including phenoxy) is 1. The Morgan fingerprint density at radius 3 is 2.42 bits per heavy atom. The third-order valence-electron chi connectivity index (χ3n) is 6.69. The lowest BCUT2D eigenvalue weighted by molar-refractivity contribution is 0.0365. The number of fused-ring (bicyclic) bond motifs is 1. The van der Waals surface area contributed by atoms with E-state index in [2.05, 4.69) is 68.3 Å². The molecule has 0 aliphatic carbocycles. The molecule has 3 aromatic rings. The molecular formula is C26H33N5O2. The number of hydrogen-bond donors (Lipinski definition) is 1. The summed E-state index contributed by atoms with van der Waals surface area (Å²) in [5.41, 5.74) is 3.38. The van der Waals surface area contributed by atoms with Crippen molar-refractivity contribution in [2.24, 2.45) is 0 Å². The summed E-state index contributed by atoms with van der Waals surface area (Å²) in [6, 6.07) is 18.8. The molecule has 7 heteroatoms. The van der Waals surface area contributed by atoms with Gasteiger partial charge in [0.05, 0.1) is 13.2 Å². The fourth-order valence-electron chi connectivity index (χ4n) is 4.70. The molecule has 7 nitrogen and oxygen atoms in total. The van der Waals surface area contributed by atoms with Gasteiger partial charge >= 0.3 is 6.03 Å². The predicted molar refractivity (Wildman–Crippen MR) is 132 cm³/mol. The molecule has 2 fully saturated rings. The highest BCUT2D eigenvalue weighted by atomic mass is 16.5. The number of rotatable bonds is 6. The minimum absolute atomic E-state index is 0.0135. The number of urea groups is 1. The van der Waals surface area contributed by atoms with Crippen molar-refractivity contribution in [2.75, 3.05) is 64.3 Å². The largest absolute Gasteiger partial charge is 0.379 e. The smallest absolute Gasteiger partial charge is 0.321 e. The molecule has 0 bridgehead atoms. The normalized spacial score (nSPS) is 18.0. The molecule has 2 amide bonds. The molecule has 0 saturated carbocycles. The van der Waals surface area contributed by atoms with Gasteiger partial charge in [0.1, 0.15) is 0 Å². The van der Waals surface area contributed by atoms with Crippen molar-refractivity contribution in [3.63, 3.8) is 0 Å². The van der Waals surface area contributed by atoms with E-state index in [1.807, 2.05) is 17.0 Å². The maximum Gasteiger partial charge on any atom is 0.321 e. The fourth-order valence-corrected chi connectivity index (χ4v) is 4.70. The number of anilines is 1. The van der Waals surface area contributed by atoms with Crippen molar-refractivity contribution >= 4 is 22.6 Å². The van der Waals surface area contributed by atoms with Gasteiger partial charge in [0.2, 0.25) is 0 Å². The van der Waals surface area contributed by atoms with Gasteiger partial charge in [0.15, 0.2) is 0 Å². The molecule has 3 heterocycles. The summed E-state index contributed by atoms with van der Waals surface area (Å²) >= 11 is 0. The Morgan fingerprint density at radius 1 is 0.848 bits per heavy atom. The van der Waals surface area contributed by atoms with Crippen LogP contribution in [0.25, 0.3) is 10.9 Å². The first-order valence-electron chi connectivity index (χ1n) is 12.0. The number of morpholine rings is 1. The summed E-state index contributed by atoms with van der Waals surface area (Å²) in [5.74, 6) is 0. The number of nitrogens with zero attached hydrogens (tertiary/aromatic N) is 4. The van der Waals surface area contributed by atoms with Crippen LogP contribution in [-0.4, -0.2) is 84.3 Å². The van der Waals surface area contributed by atoms with Gasteiger partial charge < -0.3 is 19.5 Å². The molecular weight excluding hydrogens is 414 g/mol. The quantitative estimate of drug-likeness (QED) is 0.630. The van der Waals surface area contributed by atoms with Crippen LogP contribution >= 0.6 is 0 Å². The first kappa shape index (κ1) is 21.9. The lowest BCUT2D eigenvalue weighted by Crippen LogP contribution is -2.49. The molecule has 33 heavy (non-hydrogen) atoms. The molecule has 2 aliphatic heterocycles. The molecule has 2 saturated heterocycles. The Kier molecular flexibility index (Phi) is 6.90. The molecule has 174 valence electrons. The summed E-state index contributed by atoms with van der Waals surface area (Å²) in [4.78, 5) is 19.6. The van der Waals surface area contributed by atoms with E-state index in [0.717, 1.165) is 83.2 Å². The van der Waals surface area contributed by atoms with E-state index in [-0.39, 0.29) is 6.03 Å². The summed E-state index contributed by atoms with van der Waals surface area (Å²) in [5, 5.41) is 4.25. The minimum Gasteiger partial charge on any atom is -0.379 e. The standard InChI is InChI=1S/C26H33N5O2/c32-26(31-14-11-29(12-15-31)21-22-4-2-1-3-5-22)27-24-6-7-25-23(20-24)8-9-30(25)13-10-28-16-18-33-19-17-28/h1-9,20H,10-19,21H2,(H,27,32). The number of piperazine rings is 1. The average molecular weight is 448 g/mol. The van der Waals surface area contributed by atoms with E-state index in [1.165, 1.54) is 11.1 Å². The van der Waals surface area contributed by atoms with Gasteiger partial charge in [0, 0.05) is 81.7 Å². The third kappa shape index (κ3) is 5.55. The fraction of sp³-hybridized carbons (Fsp3) is 0.423. The van der Waals surface area contributed by atoms with E-state index < -0.39 is 0 Å². The first-order chi connectivity index (χ1) is 16.2. The summed E-state index contributed by atoms with van der Waals surface area (Å²) in [6.45, 7) is 9.90. The number of carbonyl (C=O) groups is 1. The van der Waals surface area contributed by atoms with E-state index in [0.29, 0.717) is 0 Å². The molecule has 0 spiro atoms. The Bertz CT molecular complexity index is 1050. The summed E-state index contributed by atoms with van der Waals surface area (Å²) < 4.78 is 7.73. The second-order valence-corrected chi connectivity index (χ2v) is 8.92. The van der Waals surface area contributed by atoms with Crippen LogP contribution in [0.4, 0.5) is 10.5 Å². The number of aromatic nitrogens is 1. The molecule has 2 aromatic carbocycles. The van der Waals surface area contributed by atoms with E-state index in [1.54, 1.807) is 0 Å². The molecule has 0 unspecified atom stereocenters. The number of benzene rings is 2. The SMILES string of the molecule is O=C(Nc1ccc2c(ccn2CCN2CCOCC2)c1)N1CCN(Cc2ccccc2)CC1. The van der Waals surface area contributed by atoms with Gasteiger partial charge in [-0.15, -0.1) is 0 Å². The number of nitrogens with one attached hydrogen (secondary N) is 1. The van der Waals surface area contributed by atoms with E-state index in [9.17, 15) is 4.79 Å². The highest BCUT2D eigenvalue weighted by Crippen LogP contribution is 2.21. The second-order valence-electron chi connectivity index (χ2n) is 8.92. The summed E-state index contributed by atoms with van der Waals surface area (Å²) in [6.07, 6.45) is 2.14. The summed E-state index contributed by atoms with van der Waals surface area (Å²) in [7, 11) is 0. The van der Waals surface area contributed by atoms with Gasteiger partial charge in [-0.25, -0.2) is 4.79 Å². The molecule has 5 rings (SSSR count). The zero-order valence-electron chi connectivity index (χ0n) is 19.2. The highest BCUT2D eigenvalue weighted by molar-refractivity contribution is 5.93. The van der Waals surface area contributed by atoms with Crippen LogP contribution in [0.3, 0.4) is 0 Å². The first-order valence-corrected chi connectivity index (χ1v) is 12.0. The highest BCUT2D eigenvalue weighted by Gasteiger charge is 2.21. The van der Waals surface area contributed by atoms with Gasteiger partial charge in [-0.2, -0.15) is 0 Å². The zero-order chi connectivity index (χ0) is 22.5. The van der Waals surface area contributed by atoms with Crippen molar-refractivity contribution in [3.05, 3.63) is 66.4 Å². The van der Waals surface area contributed by atoms with Crippen molar-refractivity contribution in [3.8, 4) is 0 Å². The minimum atomic E-state index is -0.0135. The zero-order valence-corrected chi connectivity index (χ0v) is 19.2. The Labute approximate surface area is 195 Å². The number of amides is 2. The van der Waals surface area contributed by atoms with E-state index in [4.69, 9.17) is 4.74 Å². The maximum absolute atomic E-state index is 12.8. The van der Waals surface area contributed by atoms with Crippen LogP contribution in [0.1, 0.15) is 5.56 Å². The monoisotopic (exact) mass is 447 g/mol. The predicted octanol–water partition coefficient (Wildman–Crippen LogP) is 3.32. The lowest BCUT2D eigenvalue weighted by atomic mass is 10.2. The molecule has 0 radical (unpaired) electrons. The topological polar surface area (TPSA) is 53.0 Å². The van der Waals surface area contributed by atoms with Crippen LogP contribution in [0.2, 0.25) is 0 Å². The third-order valence-corrected chi connectivity index (χ3v) is 6.69.